The van der Waals surface area contributed by atoms with E-state index in [1.54, 1.807) is 6.08 Å². The summed E-state index contributed by atoms with van der Waals surface area (Å²) in [5.74, 6) is 1.86. The molecule has 2 aromatic carbocycles. The molecule has 170 valence electrons. The third kappa shape index (κ3) is 5.86. The van der Waals surface area contributed by atoms with Crippen LogP contribution in [-0.4, -0.2) is 47.0 Å². The Bertz CT molecular complexity index is 1120. The van der Waals surface area contributed by atoms with Gasteiger partial charge in [0.25, 0.3) is 0 Å². The molecule has 0 N–H and O–H groups in total. The Labute approximate surface area is 196 Å². The highest BCUT2D eigenvalue weighted by Crippen LogP contribution is 2.25. The largest absolute Gasteiger partial charge is 0.354 e. The molecule has 0 radical (unpaired) electrons. The maximum atomic E-state index is 12.8. The van der Waals surface area contributed by atoms with Crippen molar-refractivity contribution in [3.8, 4) is 0 Å². The fourth-order valence-electron chi connectivity index (χ4n) is 4.28. The lowest BCUT2D eigenvalue weighted by Crippen LogP contribution is -2.35. The molecule has 1 fully saturated rings. The lowest BCUT2D eigenvalue weighted by atomic mass is 10.0. The summed E-state index contributed by atoms with van der Waals surface area (Å²) in [5, 5.41) is 0. The highest BCUT2D eigenvalue weighted by atomic mass is 16.2. The zero-order chi connectivity index (χ0) is 23.2. The quantitative estimate of drug-likeness (QED) is 0.538. The molecule has 3 aromatic rings. The van der Waals surface area contributed by atoms with Gasteiger partial charge < -0.3 is 9.80 Å². The Morgan fingerprint density at radius 3 is 2.42 bits per heavy atom. The van der Waals surface area contributed by atoms with E-state index in [2.05, 4.69) is 48.0 Å². The minimum atomic E-state index is 0.0654. The standard InChI is InChI=1S/C28H32N4O/c1-21-10-12-25(13-11-21)20-26-22(2)29-23(3)30-28(26)32-17-7-16-31(18-19-32)27(33)15-14-24-8-5-4-6-9-24/h4-6,8-15H,7,16-20H2,1-3H3. The van der Waals surface area contributed by atoms with E-state index in [-0.39, 0.29) is 5.91 Å². The predicted molar refractivity (Wildman–Crippen MR) is 134 cm³/mol. The van der Waals surface area contributed by atoms with Crippen molar-refractivity contribution in [3.05, 3.63) is 94.4 Å². The first-order valence-electron chi connectivity index (χ1n) is 11.7. The Kier molecular flexibility index (Phi) is 7.18. The molecule has 0 aliphatic carbocycles. The minimum absolute atomic E-state index is 0.0654. The number of benzene rings is 2. The molecule has 4 rings (SSSR count). The summed E-state index contributed by atoms with van der Waals surface area (Å²) in [4.78, 5) is 26.6. The molecule has 0 spiro atoms. The van der Waals surface area contributed by atoms with E-state index in [1.807, 2.05) is 48.2 Å². The lowest BCUT2D eigenvalue weighted by Gasteiger charge is -2.26. The van der Waals surface area contributed by atoms with Gasteiger partial charge in [-0.2, -0.15) is 0 Å². The number of nitrogens with zero attached hydrogens (tertiary/aromatic N) is 4. The van der Waals surface area contributed by atoms with Crippen molar-refractivity contribution in [3.63, 3.8) is 0 Å². The van der Waals surface area contributed by atoms with Crippen LogP contribution < -0.4 is 4.90 Å². The van der Waals surface area contributed by atoms with Crippen LogP contribution >= 0.6 is 0 Å². The second-order valence-corrected chi connectivity index (χ2v) is 8.73. The molecular formula is C28H32N4O. The van der Waals surface area contributed by atoms with Gasteiger partial charge in [0, 0.05) is 49.9 Å². The molecule has 1 aromatic heterocycles. The molecule has 0 bridgehead atoms. The van der Waals surface area contributed by atoms with Crippen LogP contribution in [0.15, 0.2) is 60.7 Å². The van der Waals surface area contributed by atoms with Crippen LogP contribution in [0.25, 0.3) is 6.08 Å². The zero-order valence-corrected chi connectivity index (χ0v) is 19.8. The Balaban J connectivity index is 1.50. The Morgan fingerprint density at radius 1 is 0.909 bits per heavy atom. The van der Waals surface area contributed by atoms with Crippen molar-refractivity contribution in [1.82, 2.24) is 14.9 Å². The first kappa shape index (κ1) is 22.7. The summed E-state index contributed by atoms with van der Waals surface area (Å²) in [6, 6.07) is 18.6. The van der Waals surface area contributed by atoms with Gasteiger partial charge in [-0.1, -0.05) is 60.2 Å². The van der Waals surface area contributed by atoms with Crippen LogP contribution in [0.2, 0.25) is 0 Å². The van der Waals surface area contributed by atoms with Gasteiger partial charge in [-0.15, -0.1) is 0 Å². The molecule has 0 unspecified atom stereocenters. The van der Waals surface area contributed by atoms with Crippen molar-refractivity contribution in [2.75, 3.05) is 31.1 Å². The number of aryl methyl sites for hydroxylation is 3. The first-order chi connectivity index (χ1) is 16.0. The molecule has 33 heavy (non-hydrogen) atoms. The second kappa shape index (κ2) is 10.4. The van der Waals surface area contributed by atoms with E-state index in [0.717, 1.165) is 55.4 Å². The molecule has 2 heterocycles. The normalized spacial score (nSPS) is 14.5. The Hall–Kier alpha value is -3.47. The van der Waals surface area contributed by atoms with E-state index in [0.29, 0.717) is 6.54 Å². The van der Waals surface area contributed by atoms with Crippen molar-refractivity contribution in [2.45, 2.75) is 33.6 Å². The SMILES string of the molecule is Cc1ccc(Cc2c(C)nc(C)nc2N2CCCN(C(=O)C=Cc3ccccc3)CC2)cc1. The van der Waals surface area contributed by atoms with Crippen LogP contribution in [0.5, 0.6) is 0 Å². The maximum Gasteiger partial charge on any atom is 0.246 e. The maximum absolute atomic E-state index is 12.8. The molecule has 1 aliphatic rings. The minimum Gasteiger partial charge on any atom is -0.354 e. The van der Waals surface area contributed by atoms with Crippen LogP contribution in [0, 0.1) is 20.8 Å². The fourth-order valence-corrected chi connectivity index (χ4v) is 4.28. The van der Waals surface area contributed by atoms with Gasteiger partial charge in [0.1, 0.15) is 11.6 Å². The summed E-state index contributed by atoms with van der Waals surface area (Å²) in [6.07, 6.45) is 5.30. The molecule has 0 atom stereocenters. The monoisotopic (exact) mass is 440 g/mol. The molecular weight excluding hydrogens is 408 g/mol. The number of carbonyl (C=O) groups excluding carboxylic acids is 1. The van der Waals surface area contributed by atoms with Crippen molar-refractivity contribution in [1.29, 1.82) is 0 Å². The summed E-state index contributed by atoms with van der Waals surface area (Å²) in [7, 11) is 0. The first-order valence-corrected chi connectivity index (χ1v) is 11.7. The molecule has 1 amide bonds. The van der Waals surface area contributed by atoms with Gasteiger partial charge in [-0.25, -0.2) is 9.97 Å². The highest BCUT2D eigenvalue weighted by molar-refractivity contribution is 5.91. The molecule has 5 nitrogen and oxygen atoms in total. The topological polar surface area (TPSA) is 49.3 Å². The number of hydrogen-bond acceptors (Lipinski definition) is 4. The van der Waals surface area contributed by atoms with E-state index >= 15 is 0 Å². The fraction of sp³-hybridized carbons (Fsp3) is 0.321. The Morgan fingerprint density at radius 2 is 1.67 bits per heavy atom. The van der Waals surface area contributed by atoms with E-state index in [1.165, 1.54) is 16.7 Å². The van der Waals surface area contributed by atoms with Crippen LogP contribution in [0.1, 0.15) is 40.2 Å². The summed E-state index contributed by atoms with van der Waals surface area (Å²) >= 11 is 0. The summed E-state index contributed by atoms with van der Waals surface area (Å²) < 4.78 is 0. The lowest BCUT2D eigenvalue weighted by molar-refractivity contribution is -0.125. The van der Waals surface area contributed by atoms with Gasteiger partial charge >= 0.3 is 0 Å². The van der Waals surface area contributed by atoms with E-state index in [4.69, 9.17) is 4.98 Å². The van der Waals surface area contributed by atoms with Gasteiger partial charge in [0.15, 0.2) is 0 Å². The second-order valence-electron chi connectivity index (χ2n) is 8.73. The number of anilines is 1. The van der Waals surface area contributed by atoms with Crippen LogP contribution in [0.3, 0.4) is 0 Å². The van der Waals surface area contributed by atoms with Crippen molar-refractivity contribution >= 4 is 17.8 Å². The summed E-state index contributed by atoms with van der Waals surface area (Å²) in [6.45, 7) is 9.21. The van der Waals surface area contributed by atoms with E-state index < -0.39 is 0 Å². The smallest absolute Gasteiger partial charge is 0.246 e. The van der Waals surface area contributed by atoms with Crippen molar-refractivity contribution < 1.29 is 4.79 Å². The van der Waals surface area contributed by atoms with Crippen LogP contribution in [-0.2, 0) is 11.2 Å². The number of hydrogen-bond donors (Lipinski definition) is 0. The molecule has 5 heteroatoms. The zero-order valence-electron chi connectivity index (χ0n) is 19.8. The van der Waals surface area contributed by atoms with Gasteiger partial charge in [0.2, 0.25) is 5.91 Å². The number of aromatic nitrogens is 2. The highest BCUT2D eigenvalue weighted by Gasteiger charge is 2.22. The van der Waals surface area contributed by atoms with E-state index in [9.17, 15) is 4.79 Å². The predicted octanol–water partition coefficient (Wildman–Crippen LogP) is 4.74. The number of rotatable bonds is 5. The molecule has 0 saturated carbocycles. The third-order valence-corrected chi connectivity index (χ3v) is 6.13. The van der Waals surface area contributed by atoms with Crippen LogP contribution in [0.4, 0.5) is 5.82 Å². The number of carbonyl (C=O) groups is 1. The average molecular weight is 441 g/mol. The third-order valence-electron chi connectivity index (χ3n) is 6.13. The van der Waals surface area contributed by atoms with Gasteiger partial charge in [0.05, 0.1) is 0 Å². The number of amides is 1. The summed E-state index contributed by atoms with van der Waals surface area (Å²) in [5.41, 5.74) is 5.76. The molecule has 1 saturated heterocycles. The van der Waals surface area contributed by atoms with Gasteiger partial charge in [-0.3, -0.25) is 4.79 Å². The van der Waals surface area contributed by atoms with Crippen molar-refractivity contribution in [2.24, 2.45) is 0 Å². The average Bonchev–Trinajstić information content (AvgIpc) is 3.07. The molecule has 1 aliphatic heterocycles. The van der Waals surface area contributed by atoms with Gasteiger partial charge in [-0.05, 0) is 44.4 Å².